The van der Waals surface area contributed by atoms with Crippen LogP contribution in [0.25, 0.3) is 11.3 Å². The molecule has 0 N–H and O–H groups in total. The third-order valence-electron chi connectivity index (χ3n) is 3.50. The van der Waals surface area contributed by atoms with Crippen LogP contribution in [0, 0.1) is 17.8 Å². The van der Waals surface area contributed by atoms with Gasteiger partial charge in [0.2, 0.25) is 0 Å². The van der Waals surface area contributed by atoms with Crippen LogP contribution >= 0.6 is 23.6 Å². The predicted molar refractivity (Wildman–Crippen MR) is 91.4 cm³/mol. The third-order valence-corrected chi connectivity index (χ3v) is 4.78. The van der Waals surface area contributed by atoms with Gasteiger partial charge in [-0.1, -0.05) is 29.8 Å². The van der Waals surface area contributed by atoms with E-state index in [0.717, 1.165) is 16.1 Å². The summed E-state index contributed by atoms with van der Waals surface area (Å²) in [5, 5.41) is 2.15. The van der Waals surface area contributed by atoms with Gasteiger partial charge in [-0.15, -0.1) is 11.3 Å². The Bertz CT molecular complexity index is 816. The van der Waals surface area contributed by atoms with Crippen molar-refractivity contribution in [3.8, 4) is 11.3 Å². The highest BCUT2D eigenvalue weighted by Gasteiger charge is 2.10. The number of aromatic nitrogens is 2. The van der Waals surface area contributed by atoms with Gasteiger partial charge in [-0.25, -0.2) is 0 Å². The van der Waals surface area contributed by atoms with Crippen molar-refractivity contribution >= 4 is 23.6 Å². The maximum Gasteiger partial charge on any atom is 0.161 e. The summed E-state index contributed by atoms with van der Waals surface area (Å²) >= 11 is 7.12. The number of pyridine rings is 1. The van der Waals surface area contributed by atoms with Crippen LogP contribution in [-0.4, -0.2) is 9.55 Å². The average Bonchev–Trinajstić information content (AvgIpc) is 2.82. The zero-order valence-corrected chi connectivity index (χ0v) is 13.7. The third kappa shape index (κ3) is 2.96. The number of thiazole rings is 1. The van der Waals surface area contributed by atoms with Crippen molar-refractivity contribution in [1.82, 2.24) is 9.55 Å². The normalized spacial score (nSPS) is 10.8. The summed E-state index contributed by atoms with van der Waals surface area (Å²) in [7, 11) is 0. The number of benzene rings is 1. The van der Waals surface area contributed by atoms with Gasteiger partial charge < -0.3 is 4.57 Å². The minimum Gasteiger partial charge on any atom is -0.318 e. The first-order valence-electron chi connectivity index (χ1n) is 6.80. The van der Waals surface area contributed by atoms with Gasteiger partial charge in [0.05, 0.1) is 12.2 Å². The molecule has 0 spiro atoms. The van der Waals surface area contributed by atoms with Crippen molar-refractivity contribution in [2.24, 2.45) is 0 Å². The summed E-state index contributed by atoms with van der Waals surface area (Å²) in [6.07, 6.45) is 3.69. The second-order valence-electron chi connectivity index (χ2n) is 5.15. The van der Waals surface area contributed by atoms with Crippen LogP contribution in [0.3, 0.4) is 0 Å². The molecule has 3 rings (SSSR count). The van der Waals surface area contributed by atoms with Crippen LogP contribution in [0.15, 0.2) is 48.1 Å². The molecule has 2 heterocycles. The largest absolute Gasteiger partial charge is 0.318 e. The van der Waals surface area contributed by atoms with E-state index in [4.69, 9.17) is 12.2 Å². The Kier molecular flexibility index (Phi) is 3.99. The van der Waals surface area contributed by atoms with Crippen molar-refractivity contribution < 1.29 is 0 Å². The van der Waals surface area contributed by atoms with E-state index in [1.54, 1.807) is 17.5 Å². The molecule has 4 heteroatoms. The molecule has 0 saturated carbocycles. The zero-order chi connectivity index (χ0) is 14.8. The number of aryl methyl sites for hydroxylation is 2. The summed E-state index contributed by atoms with van der Waals surface area (Å²) in [6.45, 7) is 5.03. The van der Waals surface area contributed by atoms with E-state index in [1.165, 1.54) is 22.4 Å². The molecule has 0 atom stereocenters. The van der Waals surface area contributed by atoms with Gasteiger partial charge in [0.15, 0.2) is 3.95 Å². The average molecular weight is 312 g/mol. The molecule has 0 unspecified atom stereocenters. The molecular formula is C17H16N2S2. The second kappa shape index (κ2) is 5.92. The maximum atomic E-state index is 5.50. The van der Waals surface area contributed by atoms with Crippen molar-refractivity contribution in [2.75, 3.05) is 0 Å². The summed E-state index contributed by atoms with van der Waals surface area (Å²) in [4.78, 5) is 4.18. The maximum absolute atomic E-state index is 5.50. The minimum atomic E-state index is 0.763. The van der Waals surface area contributed by atoms with Gasteiger partial charge in [-0.2, -0.15) is 0 Å². The molecule has 21 heavy (non-hydrogen) atoms. The van der Waals surface area contributed by atoms with E-state index in [2.05, 4.69) is 53.0 Å². The minimum absolute atomic E-state index is 0.763. The number of hydrogen-bond donors (Lipinski definition) is 0. The number of rotatable bonds is 3. The summed E-state index contributed by atoms with van der Waals surface area (Å²) < 4.78 is 3.09. The summed E-state index contributed by atoms with van der Waals surface area (Å²) in [6, 6.07) is 10.6. The Labute approximate surface area is 133 Å². The summed E-state index contributed by atoms with van der Waals surface area (Å²) in [5.74, 6) is 0. The predicted octanol–water partition coefficient (Wildman–Crippen LogP) is 5.01. The van der Waals surface area contributed by atoms with Gasteiger partial charge in [-0.05, 0) is 43.3 Å². The molecular weight excluding hydrogens is 296 g/mol. The van der Waals surface area contributed by atoms with Crippen LogP contribution in [0.4, 0.5) is 0 Å². The molecule has 0 radical (unpaired) electrons. The smallest absolute Gasteiger partial charge is 0.161 e. The molecule has 0 fully saturated rings. The zero-order valence-electron chi connectivity index (χ0n) is 12.0. The topological polar surface area (TPSA) is 17.8 Å². The van der Waals surface area contributed by atoms with Crippen LogP contribution in [-0.2, 0) is 6.54 Å². The first-order chi connectivity index (χ1) is 10.1. The monoisotopic (exact) mass is 312 g/mol. The molecule has 0 aliphatic carbocycles. The highest BCUT2D eigenvalue weighted by atomic mass is 32.1. The quantitative estimate of drug-likeness (QED) is 0.633. The standard InChI is InChI=1S/C17H16N2S2/c1-12-5-6-15(13(2)8-12)16-11-21-17(20)19(16)10-14-4-3-7-18-9-14/h3-9,11H,10H2,1-2H3. The molecule has 0 amide bonds. The van der Waals surface area contributed by atoms with Crippen molar-refractivity contribution in [3.63, 3.8) is 0 Å². The lowest BCUT2D eigenvalue weighted by atomic mass is 10.0. The Morgan fingerprint density at radius 3 is 2.81 bits per heavy atom. The van der Waals surface area contributed by atoms with Crippen molar-refractivity contribution in [1.29, 1.82) is 0 Å². The highest BCUT2D eigenvalue weighted by molar-refractivity contribution is 7.73. The molecule has 0 aliphatic heterocycles. The van der Waals surface area contributed by atoms with Crippen LogP contribution in [0.2, 0.25) is 0 Å². The molecule has 1 aromatic carbocycles. The van der Waals surface area contributed by atoms with E-state index in [9.17, 15) is 0 Å². The summed E-state index contributed by atoms with van der Waals surface area (Å²) in [5.41, 5.74) is 6.16. The van der Waals surface area contributed by atoms with Crippen molar-refractivity contribution in [3.05, 3.63) is 68.8 Å². The van der Waals surface area contributed by atoms with Gasteiger partial charge >= 0.3 is 0 Å². The SMILES string of the molecule is Cc1ccc(-c2csc(=S)n2Cc2cccnc2)c(C)c1. The fourth-order valence-corrected chi connectivity index (χ4v) is 3.53. The van der Waals surface area contributed by atoms with Gasteiger partial charge in [0.25, 0.3) is 0 Å². The van der Waals surface area contributed by atoms with E-state index in [0.29, 0.717) is 0 Å². The molecule has 2 aromatic heterocycles. The fourth-order valence-electron chi connectivity index (χ4n) is 2.47. The highest BCUT2D eigenvalue weighted by Crippen LogP contribution is 2.28. The molecule has 106 valence electrons. The first-order valence-corrected chi connectivity index (χ1v) is 8.09. The number of hydrogen-bond acceptors (Lipinski definition) is 3. The molecule has 2 nitrogen and oxygen atoms in total. The van der Waals surface area contributed by atoms with Gasteiger partial charge in [-0.3, -0.25) is 4.98 Å². The fraction of sp³-hybridized carbons (Fsp3) is 0.176. The first kappa shape index (κ1) is 14.2. The Morgan fingerprint density at radius 1 is 1.24 bits per heavy atom. The van der Waals surface area contributed by atoms with E-state index in [1.807, 2.05) is 12.3 Å². The van der Waals surface area contributed by atoms with Crippen LogP contribution in [0.5, 0.6) is 0 Å². The molecule has 0 bridgehead atoms. The van der Waals surface area contributed by atoms with E-state index >= 15 is 0 Å². The van der Waals surface area contributed by atoms with Crippen LogP contribution < -0.4 is 0 Å². The van der Waals surface area contributed by atoms with Crippen LogP contribution in [0.1, 0.15) is 16.7 Å². The lowest BCUT2D eigenvalue weighted by Gasteiger charge is -2.11. The number of nitrogens with zero attached hydrogens (tertiary/aromatic N) is 2. The molecule has 3 aromatic rings. The lowest BCUT2D eigenvalue weighted by molar-refractivity contribution is 0.804. The Hall–Kier alpha value is -1.78. The molecule has 0 saturated heterocycles. The van der Waals surface area contributed by atoms with Gasteiger partial charge in [0, 0.05) is 23.3 Å². The van der Waals surface area contributed by atoms with E-state index in [-0.39, 0.29) is 0 Å². The second-order valence-corrected chi connectivity index (χ2v) is 6.66. The van der Waals surface area contributed by atoms with Crippen molar-refractivity contribution in [2.45, 2.75) is 20.4 Å². The molecule has 0 aliphatic rings. The van der Waals surface area contributed by atoms with Gasteiger partial charge in [0.1, 0.15) is 0 Å². The Morgan fingerprint density at radius 2 is 2.10 bits per heavy atom. The Balaban J connectivity index is 2.07. The van der Waals surface area contributed by atoms with E-state index < -0.39 is 0 Å². The lowest BCUT2D eigenvalue weighted by Crippen LogP contribution is -2.02.